The molecule has 1 fully saturated rings. The van der Waals surface area contributed by atoms with E-state index < -0.39 is 6.04 Å². The zero-order valence-electron chi connectivity index (χ0n) is 14.0. The van der Waals surface area contributed by atoms with E-state index in [1.54, 1.807) is 17.5 Å². The average molecular weight is 393 g/mol. The van der Waals surface area contributed by atoms with Gasteiger partial charge >= 0.3 is 0 Å². The van der Waals surface area contributed by atoms with E-state index in [2.05, 4.69) is 20.9 Å². The van der Waals surface area contributed by atoms with Crippen molar-refractivity contribution in [3.63, 3.8) is 0 Å². The van der Waals surface area contributed by atoms with Crippen LogP contribution in [0.3, 0.4) is 0 Å². The summed E-state index contributed by atoms with van der Waals surface area (Å²) in [4.78, 5) is 39.6. The Balaban J connectivity index is 1.54. The zero-order valence-corrected chi connectivity index (χ0v) is 15.5. The van der Waals surface area contributed by atoms with Gasteiger partial charge in [-0.2, -0.15) is 0 Å². The molecule has 0 bridgehead atoms. The lowest BCUT2D eigenvalue weighted by Crippen LogP contribution is -2.37. The largest absolute Gasteiger partial charge is 0.344 e. The lowest BCUT2D eigenvalue weighted by Gasteiger charge is -2.08. The van der Waals surface area contributed by atoms with Gasteiger partial charge in [0.25, 0.3) is 0 Å². The number of anilines is 2. The molecule has 3 amide bonds. The summed E-state index contributed by atoms with van der Waals surface area (Å²) in [6.07, 6.45) is 0.910. The van der Waals surface area contributed by atoms with Gasteiger partial charge in [0.1, 0.15) is 6.04 Å². The molecule has 9 heteroatoms. The highest BCUT2D eigenvalue weighted by Crippen LogP contribution is 2.21. The highest BCUT2D eigenvalue weighted by Gasteiger charge is 2.27. The lowest BCUT2D eigenvalue weighted by atomic mass is 10.2. The Hall–Kier alpha value is -2.45. The Morgan fingerprint density at radius 3 is 2.88 bits per heavy atom. The van der Waals surface area contributed by atoms with Crippen LogP contribution in [0.25, 0.3) is 0 Å². The smallest absolute Gasteiger partial charge is 0.248 e. The fourth-order valence-electron chi connectivity index (χ4n) is 2.49. The maximum atomic E-state index is 12.1. The summed E-state index contributed by atoms with van der Waals surface area (Å²) in [6.45, 7) is 1.88. The van der Waals surface area contributed by atoms with Crippen molar-refractivity contribution in [2.75, 3.05) is 10.6 Å². The lowest BCUT2D eigenvalue weighted by molar-refractivity contribution is -0.122. The second kappa shape index (κ2) is 7.84. The Kier molecular flexibility index (Phi) is 5.53. The van der Waals surface area contributed by atoms with Crippen molar-refractivity contribution >= 4 is 51.5 Å². The predicted octanol–water partition coefficient (Wildman–Crippen LogP) is 2.50. The molecule has 7 nitrogen and oxygen atoms in total. The highest BCUT2D eigenvalue weighted by atomic mass is 35.5. The predicted molar refractivity (Wildman–Crippen MR) is 100 cm³/mol. The van der Waals surface area contributed by atoms with Gasteiger partial charge in [0, 0.05) is 22.5 Å². The van der Waals surface area contributed by atoms with Gasteiger partial charge in [0.15, 0.2) is 5.13 Å². The summed E-state index contributed by atoms with van der Waals surface area (Å²) in [5.74, 6) is -0.649. The maximum absolute atomic E-state index is 12.1. The first-order valence-electron chi connectivity index (χ1n) is 8.01. The van der Waals surface area contributed by atoms with Crippen LogP contribution in [0.5, 0.6) is 0 Å². The molecule has 0 aliphatic carbocycles. The second-order valence-electron chi connectivity index (χ2n) is 5.98. The van der Waals surface area contributed by atoms with Crippen molar-refractivity contribution in [2.24, 2.45) is 0 Å². The maximum Gasteiger partial charge on any atom is 0.248 e. The van der Waals surface area contributed by atoms with E-state index in [1.807, 2.05) is 13.0 Å². The summed E-state index contributed by atoms with van der Waals surface area (Å²) in [5.41, 5.74) is 2.10. The quantitative estimate of drug-likeness (QED) is 0.727. The van der Waals surface area contributed by atoms with Crippen molar-refractivity contribution in [1.82, 2.24) is 10.3 Å². The van der Waals surface area contributed by atoms with Crippen LogP contribution < -0.4 is 16.0 Å². The molecule has 136 valence electrons. The third-order valence-electron chi connectivity index (χ3n) is 3.89. The molecular formula is C17H17ClN4O3S. The molecule has 0 spiro atoms. The molecule has 1 atom stereocenters. The molecule has 1 aromatic carbocycles. The number of carbonyl (C=O) groups is 3. The molecule has 1 saturated heterocycles. The first kappa shape index (κ1) is 18.3. The number of amides is 3. The monoisotopic (exact) mass is 392 g/mol. The van der Waals surface area contributed by atoms with Crippen molar-refractivity contribution in [3.8, 4) is 0 Å². The second-order valence-corrected chi connectivity index (χ2v) is 7.25. The van der Waals surface area contributed by atoms with Gasteiger partial charge in [-0.25, -0.2) is 4.98 Å². The first-order chi connectivity index (χ1) is 12.4. The Bertz CT molecular complexity index is 867. The molecule has 3 rings (SSSR count). The number of halogens is 1. The molecular weight excluding hydrogens is 376 g/mol. The molecule has 2 aromatic rings. The third-order valence-corrected chi connectivity index (χ3v) is 5.10. The molecule has 1 aliphatic rings. The van der Waals surface area contributed by atoms with Gasteiger partial charge in [-0.1, -0.05) is 17.7 Å². The Labute approximate surface area is 159 Å². The summed E-state index contributed by atoms with van der Waals surface area (Å²) in [7, 11) is 0. The molecule has 2 heterocycles. The molecule has 1 aromatic heterocycles. The van der Waals surface area contributed by atoms with Crippen LogP contribution >= 0.6 is 22.9 Å². The van der Waals surface area contributed by atoms with Crippen LogP contribution in [0.1, 0.15) is 24.1 Å². The number of hydrogen-bond acceptors (Lipinski definition) is 5. The minimum atomic E-state index is -0.524. The number of carbonyl (C=O) groups excluding carboxylic acids is 3. The first-order valence-corrected chi connectivity index (χ1v) is 9.27. The van der Waals surface area contributed by atoms with Crippen LogP contribution in [0.15, 0.2) is 23.6 Å². The topological polar surface area (TPSA) is 100 Å². The van der Waals surface area contributed by atoms with Crippen molar-refractivity contribution in [2.45, 2.75) is 32.2 Å². The zero-order chi connectivity index (χ0) is 18.7. The summed E-state index contributed by atoms with van der Waals surface area (Å²) < 4.78 is 0. The van der Waals surface area contributed by atoms with Crippen LogP contribution in [-0.4, -0.2) is 28.7 Å². The minimum absolute atomic E-state index is 0.0814. The van der Waals surface area contributed by atoms with Gasteiger partial charge in [0.2, 0.25) is 17.7 Å². The standard InChI is InChI=1S/C17H17ClN4O3S/c1-9-2-3-10(6-12(9)18)19-15(24)7-11-8-26-17(20-11)22-16(25)13-4-5-14(23)21-13/h2-3,6,8,13H,4-5,7H2,1H3,(H,19,24)(H,21,23)(H,20,22,25)/t13-/m0/s1. The van der Waals surface area contributed by atoms with Crippen molar-refractivity contribution < 1.29 is 14.4 Å². The number of aromatic nitrogens is 1. The van der Waals surface area contributed by atoms with Gasteiger partial charge in [0.05, 0.1) is 12.1 Å². The van der Waals surface area contributed by atoms with Crippen molar-refractivity contribution in [1.29, 1.82) is 0 Å². The van der Waals surface area contributed by atoms with Gasteiger partial charge in [-0.3, -0.25) is 14.4 Å². The van der Waals surface area contributed by atoms with Gasteiger partial charge in [-0.15, -0.1) is 11.3 Å². The normalized spacial score (nSPS) is 16.2. The summed E-state index contributed by atoms with van der Waals surface area (Å²) in [6, 6.07) is 4.78. The molecule has 0 radical (unpaired) electrons. The molecule has 3 N–H and O–H groups in total. The number of rotatable bonds is 5. The summed E-state index contributed by atoms with van der Waals surface area (Å²) in [5, 5.41) is 10.7. The highest BCUT2D eigenvalue weighted by molar-refractivity contribution is 7.13. The molecule has 0 unspecified atom stereocenters. The van der Waals surface area contributed by atoms with E-state index >= 15 is 0 Å². The number of thiazole rings is 1. The van der Waals surface area contributed by atoms with Crippen LogP contribution in [0, 0.1) is 6.92 Å². The molecule has 1 aliphatic heterocycles. The van der Waals surface area contributed by atoms with E-state index in [9.17, 15) is 14.4 Å². The van der Waals surface area contributed by atoms with Crippen LogP contribution in [-0.2, 0) is 20.8 Å². The minimum Gasteiger partial charge on any atom is -0.344 e. The SMILES string of the molecule is Cc1ccc(NC(=O)Cc2csc(NC(=O)[C@@H]3CCC(=O)N3)n2)cc1Cl. The molecule has 26 heavy (non-hydrogen) atoms. The Morgan fingerprint density at radius 1 is 1.38 bits per heavy atom. The van der Waals surface area contributed by atoms with E-state index in [0.29, 0.717) is 34.4 Å². The van der Waals surface area contributed by atoms with Crippen LogP contribution in [0.2, 0.25) is 5.02 Å². The fourth-order valence-corrected chi connectivity index (χ4v) is 3.38. The van der Waals surface area contributed by atoms with E-state index in [-0.39, 0.29) is 24.1 Å². The average Bonchev–Trinajstić information content (AvgIpc) is 3.20. The number of nitrogens with one attached hydrogen (secondary N) is 3. The van der Waals surface area contributed by atoms with E-state index in [0.717, 1.165) is 5.56 Å². The number of aryl methyl sites for hydroxylation is 1. The third kappa shape index (κ3) is 4.59. The van der Waals surface area contributed by atoms with E-state index in [1.165, 1.54) is 11.3 Å². The fraction of sp³-hybridized carbons (Fsp3) is 0.294. The number of nitrogens with zero attached hydrogens (tertiary/aromatic N) is 1. The number of benzene rings is 1. The van der Waals surface area contributed by atoms with Gasteiger partial charge < -0.3 is 16.0 Å². The van der Waals surface area contributed by atoms with E-state index in [4.69, 9.17) is 11.6 Å². The Morgan fingerprint density at radius 2 is 2.19 bits per heavy atom. The molecule has 0 saturated carbocycles. The van der Waals surface area contributed by atoms with Crippen LogP contribution in [0.4, 0.5) is 10.8 Å². The summed E-state index contributed by atoms with van der Waals surface area (Å²) >= 11 is 7.28. The van der Waals surface area contributed by atoms with Crippen molar-refractivity contribution in [3.05, 3.63) is 39.9 Å². The number of hydrogen-bond donors (Lipinski definition) is 3. The van der Waals surface area contributed by atoms with Gasteiger partial charge in [-0.05, 0) is 31.0 Å².